The molecule has 0 atom stereocenters. The Bertz CT molecular complexity index is 1200. The molecule has 0 unspecified atom stereocenters. The Morgan fingerprint density at radius 3 is 1.88 bits per heavy atom. The van der Waals surface area contributed by atoms with Gasteiger partial charge in [0.15, 0.2) is 0 Å². The molecule has 0 fully saturated rings. The Labute approximate surface area is 151 Å². The van der Waals surface area contributed by atoms with Crippen LogP contribution in [0.1, 0.15) is 0 Å². The third kappa shape index (κ3) is 2.20. The van der Waals surface area contributed by atoms with Crippen LogP contribution < -0.4 is 0 Å². The van der Waals surface area contributed by atoms with Gasteiger partial charge in [-0.2, -0.15) is 0 Å². The molecule has 2 nitrogen and oxygen atoms in total. The summed E-state index contributed by atoms with van der Waals surface area (Å²) < 4.78 is 2.29. The molecule has 5 aromatic rings. The molecule has 0 spiro atoms. The van der Waals surface area contributed by atoms with Crippen molar-refractivity contribution in [2.75, 3.05) is 0 Å². The normalized spacial score (nSPS) is 11.2. The zero-order valence-corrected chi connectivity index (χ0v) is 14.1. The van der Waals surface area contributed by atoms with Gasteiger partial charge in [-0.1, -0.05) is 66.7 Å². The summed E-state index contributed by atoms with van der Waals surface area (Å²) in [4.78, 5) is 0. The molecule has 0 amide bonds. The lowest BCUT2D eigenvalue weighted by Gasteiger charge is -2.11. The topological polar surface area (TPSA) is 25.2 Å². The lowest BCUT2D eigenvalue weighted by molar-refractivity contribution is 0.477. The van der Waals surface area contributed by atoms with Crippen LogP contribution in [-0.4, -0.2) is 9.67 Å². The van der Waals surface area contributed by atoms with E-state index in [-0.39, 0.29) is 0 Å². The molecule has 0 bridgehead atoms. The molecule has 5 rings (SSSR count). The second-order valence-corrected chi connectivity index (χ2v) is 6.44. The molecule has 4 aromatic carbocycles. The minimum Gasteiger partial charge on any atom is -0.507 e. The van der Waals surface area contributed by atoms with Crippen molar-refractivity contribution in [3.63, 3.8) is 0 Å². The van der Waals surface area contributed by atoms with Gasteiger partial charge < -0.3 is 9.67 Å². The summed E-state index contributed by atoms with van der Waals surface area (Å²) in [5.74, 6) is 0.298. The fourth-order valence-corrected chi connectivity index (χ4v) is 3.73. The van der Waals surface area contributed by atoms with E-state index in [0.29, 0.717) is 5.75 Å². The van der Waals surface area contributed by atoms with E-state index in [9.17, 15) is 5.11 Å². The summed E-state index contributed by atoms with van der Waals surface area (Å²) in [6.07, 6.45) is 0. The smallest absolute Gasteiger partial charge is 0.123 e. The predicted molar refractivity (Wildman–Crippen MR) is 108 cm³/mol. The van der Waals surface area contributed by atoms with Crippen molar-refractivity contribution >= 4 is 21.8 Å². The monoisotopic (exact) mass is 335 g/mol. The Morgan fingerprint density at radius 2 is 1.19 bits per heavy atom. The SMILES string of the molecule is Oc1ccccc1-c1cccc(-n2c3ccccc3c3ccccc32)c1. The average molecular weight is 335 g/mol. The number of hydrogen-bond acceptors (Lipinski definition) is 1. The van der Waals surface area contributed by atoms with Crippen LogP contribution in [0.25, 0.3) is 38.6 Å². The van der Waals surface area contributed by atoms with Gasteiger partial charge in [0, 0.05) is 22.0 Å². The molecule has 124 valence electrons. The molecule has 0 saturated heterocycles. The van der Waals surface area contributed by atoms with Crippen molar-refractivity contribution in [1.82, 2.24) is 4.57 Å². The van der Waals surface area contributed by atoms with Crippen molar-refractivity contribution in [3.8, 4) is 22.6 Å². The average Bonchev–Trinajstić information content (AvgIpc) is 3.03. The highest BCUT2D eigenvalue weighted by atomic mass is 16.3. The van der Waals surface area contributed by atoms with Gasteiger partial charge in [0.1, 0.15) is 5.75 Å². The first kappa shape index (κ1) is 14.8. The maximum absolute atomic E-state index is 10.2. The zero-order valence-electron chi connectivity index (χ0n) is 14.1. The Morgan fingerprint density at radius 1 is 0.577 bits per heavy atom. The number of phenols is 1. The number of rotatable bonds is 2. The predicted octanol–water partition coefficient (Wildman–Crippen LogP) is 6.16. The molecular weight excluding hydrogens is 318 g/mol. The number of para-hydroxylation sites is 3. The van der Waals surface area contributed by atoms with Crippen molar-refractivity contribution in [2.24, 2.45) is 0 Å². The van der Waals surface area contributed by atoms with Crippen LogP contribution in [-0.2, 0) is 0 Å². The third-order valence-electron chi connectivity index (χ3n) is 4.90. The Balaban J connectivity index is 1.81. The van der Waals surface area contributed by atoms with Gasteiger partial charge in [-0.05, 0) is 35.9 Å². The molecular formula is C24H17NO. The molecule has 0 aliphatic heterocycles. The number of hydrogen-bond donors (Lipinski definition) is 1. The minimum absolute atomic E-state index is 0.298. The molecule has 1 aromatic heterocycles. The molecule has 26 heavy (non-hydrogen) atoms. The van der Waals surface area contributed by atoms with E-state index in [1.165, 1.54) is 21.8 Å². The van der Waals surface area contributed by atoms with E-state index in [2.05, 4.69) is 65.2 Å². The van der Waals surface area contributed by atoms with Gasteiger partial charge >= 0.3 is 0 Å². The zero-order chi connectivity index (χ0) is 17.5. The number of fused-ring (bicyclic) bond motifs is 3. The molecule has 0 aliphatic rings. The van der Waals surface area contributed by atoms with Crippen LogP contribution in [0.4, 0.5) is 0 Å². The van der Waals surface area contributed by atoms with E-state index in [0.717, 1.165) is 16.8 Å². The van der Waals surface area contributed by atoms with E-state index in [4.69, 9.17) is 0 Å². The molecule has 0 aliphatic carbocycles. The first-order valence-electron chi connectivity index (χ1n) is 8.70. The van der Waals surface area contributed by atoms with Crippen LogP contribution in [0.2, 0.25) is 0 Å². The van der Waals surface area contributed by atoms with Crippen LogP contribution in [0.5, 0.6) is 5.75 Å². The molecule has 0 radical (unpaired) electrons. The highest BCUT2D eigenvalue weighted by Crippen LogP contribution is 2.34. The standard InChI is InChI=1S/C24H17NO/c26-24-15-6-3-10-19(24)17-8-7-9-18(16-17)25-22-13-4-1-11-20(22)21-12-2-5-14-23(21)25/h1-16,26H. The Kier molecular flexibility index (Phi) is 3.29. The molecule has 0 saturated carbocycles. The van der Waals surface area contributed by atoms with E-state index in [1.54, 1.807) is 6.07 Å². The van der Waals surface area contributed by atoms with Crippen LogP contribution in [0.3, 0.4) is 0 Å². The van der Waals surface area contributed by atoms with Crippen LogP contribution in [0, 0.1) is 0 Å². The van der Waals surface area contributed by atoms with E-state index in [1.807, 2.05) is 30.3 Å². The number of aromatic hydroxyl groups is 1. The summed E-state index contributed by atoms with van der Waals surface area (Å²) in [6, 6.07) is 32.7. The second kappa shape index (κ2) is 5.78. The largest absolute Gasteiger partial charge is 0.507 e. The van der Waals surface area contributed by atoms with Gasteiger partial charge in [0.2, 0.25) is 0 Å². The van der Waals surface area contributed by atoms with E-state index >= 15 is 0 Å². The van der Waals surface area contributed by atoms with Crippen molar-refractivity contribution in [1.29, 1.82) is 0 Å². The van der Waals surface area contributed by atoms with Crippen molar-refractivity contribution in [2.45, 2.75) is 0 Å². The van der Waals surface area contributed by atoms with Gasteiger partial charge in [-0.15, -0.1) is 0 Å². The second-order valence-electron chi connectivity index (χ2n) is 6.44. The summed E-state index contributed by atoms with van der Waals surface area (Å²) in [5.41, 5.74) is 5.30. The number of nitrogens with zero attached hydrogens (tertiary/aromatic N) is 1. The Hall–Kier alpha value is -3.52. The van der Waals surface area contributed by atoms with Gasteiger partial charge in [0.25, 0.3) is 0 Å². The maximum atomic E-state index is 10.2. The summed E-state index contributed by atoms with van der Waals surface area (Å²) in [5, 5.41) is 12.7. The highest BCUT2D eigenvalue weighted by molar-refractivity contribution is 6.09. The summed E-state index contributed by atoms with van der Waals surface area (Å²) >= 11 is 0. The number of aromatic nitrogens is 1. The fourth-order valence-electron chi connectivity index (χ4n) is 3.73. The van der Waals surface area contributed by atoms with Gasteiger partial charge in [-0.3, -0.25) is 0 Å². The quantitative estimate of drug-likeness (QED) is 0.411. The third-order valence-corrected chi connectivity index (χ3v) is 4.90. The maximum Gasteiger partial charge on any atom is 0.123 e. The first-order chi connectivity index (χ1) is 12.8. The summed E-state index contributed by atoms with van der Waals surface area (Å²) in [6.45, 7) is 0. The number of phenolic OH excluding ortho intramolecular Hbond substituents is 1. The lowest BCUT2D eigenvalue weighted by Crippen LogP contribution is -1.94. The molecule has 1 N–H and O–H groups in total. The molecule has 1 heterocycles. The lowest BCUT2D eigenvalue weighted by atomic mass is 10.0. The molecule has 2 heteroatoms. The van der Waals surface area contributed by atoms with Crippen molar-refractivity contribution in [3.05, 3.63) is 97.1 Å². The van der Waals surface area contributed by atoms with E-state index < -0.39 is 0 Å². The van der Waals surface area contributed by atoms with Gasteiger partial charge in [-0.25, -0.2) is 0 Å². The highest BCUT2D eigenvalue weighted by Gasteiger charge is 2.12. The summed E-state index contributed by atoms with van der Waals surface area (Å²) in [7, 11) is 0. The number of benzene rings is 4. The van der Waals surface area contributed by atoms with Crippen molar-refractivity contribution < 1.29 is 5.11 Å². The minimum atomic E-state index is 0.298. The van der Waals surface area contributed by atoms with Gasteiger partial charge in [0.05, 0.1) is 11.0 Å². The first-order valence-corrected chi connectivity index (χ1v) is 8.70. The fraction of sp³-hybridized carbons (Fsp3) is 0. The van der Waals surface area contributed by atoms with Crippen LogP contribution >= 0.6 is 0 Å². The van der Waals surface area contributed by atoms with Crippen LogP contribution in [0.15, 0.2) is 97.1 Å².